The van der Waals surface area contributed by atoms with Crippen molar-refractivity contribution in [1.82, 2.24) is 19.8 Å². The van der Waals surface area contributed by atoms with Gasteiger partial charge >= 0.3 is 0 Å². The Morgan fingerprint density at radius 1 is 1.18 bits per heavy atom. The SMILES string of the molecule is CN=C(NCCCCn1ccnc1C)N1CCN(c2ccccc2OC)CC1. The first-order valence-electron chi connectivity index (χ1n) is 10.0. The van der Waals surface area contributed by atoms with Gasteiger partial charge in [-0.05, 0) is 31.9 Å². The molecular weight excluding hydrogens is 352 g/mol. The van der Waals surface area contributed by atoms with Crippen LogP contribution >= 0.6 is 0 Å². The number of unbranched alkanes of at least 4 members (excludes halogenated alkanes) is 1. The number of guanidine groups is 1. The van der Waals surface area contributed by atoms with Crippen molar-refractivity contribution >= 4 is 11.6 Å². The van der Waals surface area contributed by atoms with E-state index in [0.29, 0.717) is 0 Å². The molecule has 2 heterocycles. The summed E-state index contributed by atoms with van der Waals surface area (Å²) in [5, 5.41) is 3.52. The molecule has 0 amide bonds. The van der Waals surface area contributed by atoms with Crippen LogP contribution in [0.4, 0.5) is 5.69 Å². The third-order valence-corrected chi connectivity index (χ3v) is 5.25. The van der Waals surface area contributed by atoms with E-state index in [1.165, 1.54) is 5.69 Å². The maximum Gasteiger partial charge on any atom is 0.193 e. The predicted octanol–water partition coefficient (Wildman–Crippen LogP) is 2.38. The predicted molar refractivity (Wildman–Crippen MR) is 114 cm³/mol. The molecule has 1 aromatic carbocycles. The van der Waals surface area contributed by atoms with Gasteiger partial charge in [0.15, 0.2) is 5.96 Å². The van der Waals surface area contributed by atoms with E-state index in [9.17, 15) is 0 Å². The number of rotatable bonds is 7. The van der Waals surface area contributed by atoms with Crippen LogP contribution in [0.1, 0.15) is 18.7 Å². The number of nitrogens with zero attached hydrogens (tertiary/aromatic N) is 5. The fourth-order valence-electron chi connectivity index (χ4n) is 3.63. The number of anilines is 1. The molecule has 1 aliphatic heterocycles. The van der Waals surface area contributed by atoms with Gasteiger partial charge in [0.2, 0.25) is 0 Å². The standard InChI is InChI=1S/C21H32N6O/c1-18-23-11-13-25(18)12-7-6-10-24-21(22-2)27-16-14-26(15-17-27)19-8-4-5-9-20(19)28-3/h4-5,8-9,11,13H,6-7,10,12,14-17H2,1-3H3,(H,22,24). The number of aromatic nitrogens is 2. The van der Waals surface area contributed by atoms with Crippen molar-refractivity contribution in [3.63, 3.8) is 0 Å². The average molecular weight is 385 g/mol. The second-order valence-electron chi connectivity index (χ2n) is 6.99. The Labute approximate surface area is 168 Å². The highest BCUT2D eigenvalue weighted by molar-refractivity contribution is 5.80. The molecule has 0 bridgehead atoms. The Morgan fingerprint density at radius 2 is 1.96 bits per heavy atom. The van der Waals surface area contributed by atoms with E-state index in [2.05, 4.69) is 41.8 Å². The second kappa shape index (κ2) is 10.0. The molecule has 0 unspecified atom stereocenters. The summed E-state index contributed by atoms with van der Waals surface area (Å²) >= 11 is 0. The lowest BCUT2D eigenvalue weighted by molar-refractivity contribution is 0.366. The molecule has 7 nitrogen and oxygen atoms in total. The zero-order valence-corrected chi connectivity index (χ0v) is 17.3. The molecule has 1 saturated heterocycles. The molecule has 28 heavy (non-hydrogen) atoms. The molecule has 0 spiro atoms. The molecule has 1 fully saturated rings. The fourth-order valence-corrected chi connectivity index (χ4v) is 3.63. The van der Waals surface area contributed by atoms with E-state index in [1.54, 1.807) is 7.11 Å². The smallest absolute Gasteiger partial charge is 0.193 e. The number of nitrogens with one attached hydrogen (secondary N) is 1. The zero-order valence-electron chi connectivity index (χ0n) is 17.3. The molecule has 0 aliphatic carbocycles. The van der Waals surface area contributed by atoms with Crippen molar-refractivity contribution in [3.05, 3.63) is 42.5 Å². The minimum Gasteiger partial charge on any atom is -0.495 e. The topological polar surface area (TPSA) is 57.9 Å². The van der Waals surface area contributed by atoms with E-state index < -0.39 is 0 Å². The molecule has 1 N–H and O–H groups in total. The molecule has 0 atom stereocenters. The van der Waals surface area contributed by atoms with Gasteiger partial charge in [0.05, 0.1) is 12.8 Å². The lowest BCUT2D eigenvalue weighted by atomic mass is 10.2. The van der Waals surface area contributed by atoms with Crippen LogP contribution in [-0.2, 0) is 6.54 Å². The van der Waals surface area contributed by atoms with Gasteiger partial charge in [-0.3, -0.25) is 4.99 Å². The molecule has 1 aromatic heterocycles. The number of imidazole rings is 1. The fraction of sp³-hybridized carbons (Fsp3) is 0.524. The van der Waals surface area contributed by atoms with E-state index in [0.717, 1.165) is 69.6 Å². The van der Waals surface area contributed by atoms with Gasteiger partial charge in [-0.1, -0.05) is 12.1 Å². The Hall–Kier alpha value is -2.70. The lowest BCUT2D eigenvalue weighted by Gasteiger charge is -2.38. The van der Waals surface area contributed by atoms with Crippen LogP contribution in [0.15, 0.2) is 41.7 Å². The van der Waals surface area contributed by atoms with Gasteiger partial charge < -0.3 is 24.4 Å². The number of hydrogen-bond acceptors (Lipinski definition) is 4. The Bertz CT molecular complexity index is 764. The molecule has 2 aromatic rings. The zero-order chi connectivity index (χ0) is 19.8. The third kappa shape index (κ3) is 4.97. The second-order valence-corrected chi connectivity index (χ2v) is 6.99. The number of hydrogen-bond donors (Lipinski definition) is 1. The average Bonchev–Trinajstić information content (AvgIpc) is 3.15. The van der Waals surface area contributed by atoms with Gasteiger partial charge in [0.1, 0.15) is 11.6 Å². The Kier molecular flexibility index (Phi) is 7.17. The van der Waals surface area contributed by atoms with Gasteiger partial charge in [-0.2, -0.15) is 0 Å². The molecule has 0 radical (unpaired) electrons. The molecule has 7 heteroatoms. The normalized spacial score (nSPS) is 15.0. The summed E-state index contributed by atoms with van der Waals surface area (Å²) in [6.45, 7) is 7.82. The minimum absolute atomic E-state index is 0.937. The molecular formula is C21H32N6O. The number of aliphatic imine (C=N–C) groups is 1. The van der Waals surface area contributed by atoms with Crippen LogP contribution in [0.25, 0.3) is 0 Å². The van der Waals surface area contributed by atoms with E-state index in [1.807, 2.05) is 38.5 Å². The number of piperazine rings is 1. The quantitative estimate of drug-likeness (QED) is 0.451. The highest BCUT2D eigenvalue weighted by Gasteiger charge is 2.21. The molecule has 0 saturated carbocycles. The molecule has 1 aliphatic rings. The molecule has 152 valence electrons. The number of para-hydroxylation sites is 2. The minimum atomic E-state index is 0.937. The number of methoxy groups -OCH3 is 1. The van der Waals surface area contributed by atoms with Crippen LogP contribution in [-0.4, -0.2) is 67.3 Å². The van der Waals surface area contributed by atoms with E-state index >= 15 is 0 Å². The first kappa shape index (κ1) is 20.0. The van der Waals surface area contributed by atoms with Crippen LogP contribution in [0, 0.1) is 6.92 Å². The maximum atomic E-state index is 5.51. The summed E-state index contributed by atoms with van der Waals surface area (Å²) in [4.78, 5) is 13.5. The van der Waals surface area contributed by atoms with Crippen LogP contribution in [0.3, 0.4) is 0 Å². The number of benzene rings is 1. The van der Waals surface area contributed by atoms with Crippen molar-refractivity contribution in [3.8, 4) is 5.75 Å². The van der Waals surface area contributed by atoms with Crippen LogP contribution in [0.5, 0.6) is 5.75 Å². The maximum absolute atomic E-state index is 5.51. The summed E-state index contributed by atoms with van der Waals surface area (Å²) in [5.74, 6) is 3.02. The Morgan fingerprint density at radius 3 is 2.64 bits per heavy atom. The summed E-state index contributed by atoms with van der Waals surface area (Å²) in [6.07, 6.45) is 6.14. The summed E-state index contributed by atoms with van der Waals surface area (Å²) in [7, 11) is 3.60. The van der Waals surface area contributed by atoms with E-state index in [4.69, 9.17) is 4.74 Å². The Balaban J connectivity index is 1.41. The van der Waals surface area contributed by atoms with Crippen molar-refractivity contribution in [2.75, 3.05) is 51.8 Å². The monoisotopic (exact) mass is 384 g/mol. The van der Waals surface area contributed by atoms with Gasteiger partial charge in [0, 0.05) is 58.7 Å². The van der Waals surface area contributed by atoms with E-state index in [-0.39, 0.29) is 0 Å². The first-order valence-corrected chi connectivity index (χ1v) is 10.0. The van der Waals surface area contributed by atoms with Crippen molar-refractivity contribution < 1.29 is 4.74 Å². The third-order valence-electron chi connectivity index (χ3n) is 5.25. The van der Waals surface area contributed by atoms with Crippen molar-refractivity contribution in [1.29, 1.82) is 0 Å². The molecule has 3 rings (SSSR count). The summed E-state index contributed by atoms with van der Waals surface area (Å²) in [5.41, 5.74) is 1.17. The lowest BCUT2D eigenvalue weighted by Crippen LogP contribution is -2.52. The van der Waals surface area contributed by atoms with Gasteiger partial charge in [-0.15, -0.1) is 0 Å². The first-order chi connectivity index (χ1) is 13.7. The van der Waals surface area contributed by atoms with Crippen LogP contribution < -0.4 is 15.0 Å². The van der Waals surface area contributed by atoms with Gasteiger partial charge in [0.25, 0.3) is 0 Å². The number of ether oxygens (including phenoxy) is 1. The van der Waals surface area contributed by atoms with Crippen LogP contribution in [0.2, 0.25) is 0 Å². The largest absolute Gasteiger partial charge is 0.495 e. The number of aryl methyl sites for hydroxylation is 2. The summed E-state index contributed by atoms with van der Waals surface area (Å²) in [6, 6.07) is 8.23. The van der Waals surface area contributed by atoms with Crippen molar-refractivity contribution in [2.45, 2.75) is 26.3 Å². The summed E-state index contributed by atoms with van der Waals surface area (Å²) < 4.78 is 7.71. The van der Waals surface area contributed by atoms with Gasteiger partial charge in [-0.25, -0.2) is 4.98 Å². The van der Waals surface area contributed by atoms with Crippen molar-refractivity contribution in [2.24, 2.45) is 4.99 Å². The highest BCUT2D eigenvalue weighted by Crippen LogP contribution is 2.28. The highest BCUT2D eigenvalue weighted by atomic mass is 16.5.